The number of rotatable bonds is 5. The minimum atomic E-state index is -1.92. The van der Waals surface area contributed by atoms with Crippen LogP contribution in [-0.2, 0) is 39.6 Å². The van der Waals surface area contributed by atoms with Crippen LogP contribution in [0.5, 0.6) is 5.75 Å². The summed E-state index contributed by atoms with van der Waals surface area (Å²) >= 11 is 0. The molecule has 0 bridgehead atoms. The van der Waals surface area contributed by atoms with Gasteiger partial charge < -0.3 is 38.3 Å². The van der Waals surface area contributed by atoms with Crippen LogP contribution in [0.15, 0.2) is 68.6 Å². The van der Waals surface area contributed by atoms with Gasteiger partial charge in [-0.15, -0.1) is 0 Å². The van der Waals surface area contributed by atoms with Gasteiger partial charge in [0.1, 0.15) is 24.5 Å². The number of carbonyl (C=O) groups excluding carboxylic acids is 2. The Morgan fingerprint density at radius 2 is 1.89 bits per heavy atom. The predicted octanol–water partition coefficient (Wildman–Crippen LogP) is 1.58. The number of carbonyl (C=O) groups is 2. The Bertz CT molecular complexity index is 2210. The fourth-order valence-corrected chi connectivity index (χ4v) is 5.72. The molecule has 2 aromatic carbocycles. The number of hydrogen-bond donors (Lipinski definition) is 3. The molecule has 5 aromatic rings. The molecule has 0 fully saturated rings. The second kappa shape index (κ2) is 10.4. The van der Waals surface area contributed by atoms with Gasteiger partial charge in [-0.05, 0) is 54.3 Å². The van der Waals surface area contributed by atoms with Gasteiger partial charge in [-0.3, -0.25) is 4.79 Å². The summed E-state index contributed by atoms with van der Waals surface area (Å²) in [4.78, 5) is 55.3. The van der Waals surface area contributed by atoms with Gasteiger partial charge in [0.05, 0.1) is 34.6 Å². The molecule has 45 heavy (non-hydrogen) atoms. The van der Waals surface area contributed by atoms with Gasteiger partial charge in [-0.1, -0.05) is 19.1 Å². The maximum Gasteiger partial charge on any atom is 0.514 e. The number of esters is 1. The summed E-state index contributed by atoms with van der Waals surface area (Å²) in [6.07, 6.45) is -1.02. The minimum absolute atomic E-state index is 0.0402. The lowest BCUT2D eigenvalue weighted by atomic mass is 9.80. The number of ether oxygens (including phenoxy) is 3. The Morgan fingerprint density at radius 1 is 1.07 bits per heavy atom. The molecule has 226 valence electrons. The maximum atomic E-state index is 13.4. The van der Waals surface area contributed by atoms with Crippen molar-refractivity contribution < 1.29 is 43.4 Å². The second-order valence-electron chi connectivity index (χ2n) is 10.8. The zero-order valence-corrected chi connectivity index (χ0v) is 23.6. The number of aliphatic hydroxyl groups is 1. The highest BCUT2D eigenvalue weighted by Gasteiger charge is 2.45. The van der Waals surface area contributed by atoms with Crippen molar-refractivity contribution in [2.24, 2.45) is 0 Å². The Labute approximate surface area is 253 Å². The number of nitrogens with zero attached hydrogens (tertiary/aromatic N) is 2. The van der Waals surface area contributed by atoms with E-state index in [1.807, 2.05) is 6.07 Å². The standard InChI is InChI=1S/C31H23BN2O11/c1-2-31(39)22-11-24-26-17(12-34(24)27(35)21(22)14-42-29(31)37)8-16-9-20(5-6-23(16)33-26)44-30(38)43-13-18-7-15-3-4-19(32(40)41)10-25(15)45-28(18)36/h3-11,39-41H,2,12-14H2,1H3/t31-/m0/s1. The lowest BCUT2D eigenvalue weighted by Gasteiger charge is -2.31. The van der Waals surface area contributed by atoms with E-state index in [1.165, 1.54) is 34.9 Å². The summed E-state index contributed by atoms with van der Waals surface area (Å²) in [6.45, 7) is 1.20. The molecule has 1 atom stereocenters. The van der Waals surface area contributed by atoms with Crippen molar-refractivity contribution in [1.82, 2.24) is 9.55 Å². The Morgan fingerprint density at radius 3 is 2.67 bits per heavy atom. The van der Waals surface area contributed by atoms with E-state index >= 15 is 0 Å². The molecular formula is C31H23BN2O11. The molecule has 0 spiro atoms. The molecule has 2 aliphatic rings. The first-order valence-corrected chi connectivity index (χ1v) is 13.9. The molecular weight excluding hydrogens is 587 g/mol. The summed E-state index contributed by atoms with van der Waals surface area (Å²) in [5.41, 5.74) is 0.0391. The molecule has 0 saturated carbocycles. The number of hydrogen-bond acceptors (Lipinski definition) is 12. The number of pyridine rings is 2. The zero-order valence-electron chi connectivity index (χ0n) is 23.6. The Kier molecular flexibility index (Phi) is 6.58. The topological polar surface area (TPSA) is 188 Å². The second-order valence-corrected chi connectivity index (χ2v) is 10.8. The van der Waals surface area contributed by atoms with Crippen LogP contribution in [0.3, 0.4) is 0 Å². The summed E-state index contributed by atoms with van der Waals surface area (Å²) < 4.78 is 22.3. The third-order valence-electron chi connectivity index (χ3n) is 8.16. The van der Waals surface area contributed by atoms with Gasteiger partial charge in [0.15, 0.2) is 5.60 Å². The highest BCUT2D eigenvalue weighted by Crippen LogP contribution is 2.39. The van der Waals surface area contributed by atoms with Crippen molar-refractivity contribution in [1.29, 1.82) is 0 Å². The number of cyclic esters (lactones) is 1. The van der Waals surface area contributed by atoms with Crippen LogP contribution in [0.1, 0.15) is 35.6 Å². The average molecular weight is 610 g/mol. The van der Waals surface area contributed by atoms with E-state index in [0.29, 0.717) is 27.7 Å². The van der Waals surface area contributed by atoms with E-state index in [2.05, 4.69) is 0 Å². The summed E-state index contributed by atoms with van der Waals surface area (Å²) in [5, 5.41) is 30.8. The van der Waals surface area contributed by atoms with E-state index in [1.54, 1.807) is 25.1 Å². The van der Waals surface area contributed by atoms with Crippen LogP contribution >= 0.6 is 0 Å². The molecule has 0 amide bonds. The van der Waals surface area contributed by atoms with Gasteiger partial charge in [0, 0.05) is 21.9 Å². The predicted molar refractivity (Wildman–Crippen MR) is 158 cm³/mol. The molecule has 0 unspecified atom stereocenters. The smallest absolute Gasteiger partial charge is 0.458 e. The van der Waals surface area contributed by atoms with Gasteiger partial charge in [-0.2, -0.15) is 0 Å². The lowest BCUT2D eigenvalue weighted by molar-refractivity contribution is -0.172. The van der Waals surface area contributed by atoms with Crippen LogP contribution in [-0.4, -0.2) is 43.9 Å². The van der Waals surface area contributed by atoms with Crippen LogP contribution in [0.4, 0.5) is 4.79 Å². The van der Waals surface area contributed by atoms with E-state index in [0.717, 1.165) is 5.56 Å². The van der Waals surface area contributed by atoms with Crippen LogP contribution in [0.25, 0.3) is 33.3 Å². The fourth-order valence-electron chi connectivity index (χ4n) is 5.72. The quantitative estimate of drug-likeness (QED) is 0.111. The van der Waals surface area contributed by atoms with E-state index in [4.69, 9.17) is 23.6 Å². The van der Waals surface area contributed by atoms with E-state index in [9.17, 15) is 34.3 Å². The minimum Gasteiger partial charge on any atom is -0.458 e. The molecule has 0 saturated heterocycles. The first-order chi connectivity index (χ1) is 21.5. The third-order valence-corrected chi connectivity index (χ3v) is 8.16. The van der Waals surface area contributed by atoms with Crippen LogP contribution in [0, 0.1) is 0 Å². The summed E-state index contributed by atoms with van der Waals surface area (Å²) in [5.74, 6) is -0.640. The van der Waals surface area contributed by atoms with Gasteiger partial charge >= 0.3 is 24.9 Å². The summed E-state index contributed by atoms with van der Waals surface area (Å²) in [6, 6.07) is 14.0. The van der Waals surface area contributed by atoms with E-state index < -0.39 is 37.1 Å². The van der Waals surface area contributed by atoms with Crippen molar-refractivity contribution in [2.75, 3.05) is 0 Å². The van der Waals surface area contributed by atoms with Gasteiger partial charge in [0.2, 0.25) is 0 Å². The molecule has 3 aromatic heterocycles. The molecule has 14 heteroatoms. The number of benzene rings is 2. The fraction of sp³-hybridized carbons (Fsp3) is 0.194. The number of fused-ring (bicyclic) bond motifs is 6. The molecule has 0 aliphatic carbocycles. The Balaban J connectivity index is 1.11. The van der Waals surface area contributed by atoms with Crippen LogP contribution in [0.2, 0.25) is 0 Å². The molecule has 2 aliphatic heterocycles. The lowest BCUT2D eigenvalue weighted by Crippen LogP contribution is -2.44. The highest BCUT2D eigenvalue weighted by atomic mass is 16.7. The third kappa shape index (κ3) is 4.66. The molecule has 7 rings (SSSR count). The average Bonchev–Trinajstić information content (AvgIpc) is 3.38. The zero-order chi connectivity index (χ0) is 31.6. The number of aromatic nitrogens is 2. The first kappa shape index (κ1) is 28.5. The molecule has 3 N–H and O–H groups in total. The van der Waals surface area contributed by atoms with Gasteiger partial charge in [-0.25, -0.2) is 19.4 Å². The Hall–Kier alpha value is -5.31. The van der Waals surface area contributed by atoms with Crippen molar-refractivity contribution in [3.63, 3.8) is 0 Å². The first-order valence-electron chi connectivity index (χ1n) is 13.9. The molecule has 13 nitrogen and oxygen atoms in total. The van der Waals surface area contributed by atoms with E-state index in [-0.39, 0.29) is 58.6 Å². The maximum absolute atomic E-state index is 13.4. The largest absolute Gasteiger partial charge is 0.514 e. The van der Waals surface area contributed by atoms with Crippen LogP contribution < -0.4 is 21.4 Å². The van der Waals surface area contributed by atoms with Crippen molar-refractivity contribution in [3.05, 3.63) is 97.6 Å². The highest BCUT2D eigenvalue weighted by molar-refractivity contribution is 6.58. The normalized spacial score (nSPS) is 16.6. The van der Waals surface area contributed by atoms with Crippen molar-refractivity contribution >= 4 is 46.6 Å². The van der Waals surface area contributed by atoms with Gasteiger partial charge in [0.25, 0.3) is 5.56 Å². The molecule has 5 heterocycles. The summed E-state index contributed by atoms with van der Waals surface area (Å²) in [7, 11) is -1.72. The monoisotopic (exact) mass is 610 g/mol. The van der Waals surface area contributed by atoms with Crippen molar-refractivity contribution in [3.8, 4) is 17.1 Å². The van der Waals surface area contributed by atoms with Crippen molar-refractivity contribution in [2.45, 2.75) is 38.7 Å². The molecule has 0 radical (unpaired) electrons. The SMILES string of the molecule is CC[C@@]1(O)C(=O)OCc2c1cc1n(c2=O)Cc2cc3cc(OC(=O)OCc4cc5ccc(B(O)O)cc5oc4=O)ccc3nc2-1.